The highest BCUT2D eigenvalue weighted by Crippen LogP contribution is 2.45. The summed E-state index contributed by atoms with van der Waals surface area (Å²) in [7, 11) is 0. The molecule has 1 aromatic heterocycles. The van der Waals surface area contributed by atoms with Crippen LogP contribution in [0.2, 0.25) is 0 Å². The Kier molecular flexibility index (Phi) is 3.63. The van der Waals surface area contributed by atoms with Gasteiger partial charge in [0.25, 0.3) is 5.69 Å². The lowest BCUT2D eigenvalue weighted by Gasteiger charge is -2.26. The zero-order valence-corrected chi connectivity index (χ0v) is 13.7. The van der Waals surface area contributed by atoms with E-state index in [0.717, 1.165) is 0 Å². The molecule has 0 saturated heterocycles. The third kappa shape index (κ3) is 2.58. The van der Waals surface area contributed by atoms with E-state index in [0.29, 0.717) is 22.3 Å². The molecule has 27 heavy (non-hydrogen) atoms. The maximum absolute atomic E-state index is 11.8. The molecule has 1 aliphatic heterocycles. The molecule has 8 heteroatoms. The molecular weight excluding hydrogens is 350 g/mol. The first kappa shape index (κ1) is 16.4. The van der Waals surface area contributed by atoms with Gasteiger partial charge in [0.15, 0.2) is 0 Å². The van der Waals surface area contributed by atoms with Gasteiger partial charge in [-0.1, -0.05) is 12.1 Å². The van der Waals surface area contributed by atoms with Gasteiger partial charge in [0.1, 0.15) is 23.0 Å². The molecule has 0 amide bonds. The predicted molar refractivity (Wildman–Crippen MR) is 94.9 cm³/mol. The highest BCUT2D eigenvalue weighted by atomic mass is 16.6. The normalized spacial score (nSPS) is 15.7. The van der Waals surface area contributed by atoms with Crippen LogP contribution < -0.4 is 16.1 Å². The summed E-state index contributed by atoms with van der Waals surface area (Å²) in [5.41, 5.74) is 6.45. The minimum atomic E-state index is -0.770. The molecule has 2 aromatic carbocycles. The van der Waals surface area contributed by atoms with Crippen molar-refractivity contribution < 1.29 is 14.1 Å². The van der Waals surface area contributed by atoms with Crippen molar-refractivity contribution in [1.82, 2.24) is 0 Å². The van der Waals surface area contributed by atoms with E-state index in [1.165, 1.54) is 24.3 Å². The zero-order chi connectivity index (χ0) is 19.1. The van der Waals surface area contributed by atoms with Crippen molar-refractivity contribution in [3.05, 3.63) is 91.6 Å². The average Bonchev–Trinajstić information content (AvgIpc) is 2.66. The van der Waals surface area contributed by atoms with Crippen LogP contribution in [0, 0.1) is 21.4 Å². The highest BCUT2D eigenvalue weighted by Gasteiger charge is 2.34. The molecule has 1 atom stereocenters. The second kappa shape index (κ2) is 6.00. The second-order valence-corrected chi connectivity index (χ2v) is 5.93. The second-order valence-electron chi connectivity index (χ2n) is 5.93. The number of benzene rings is 2. The standard InChI is InChI=1S/C19H11N3O5/c20-9-13-16(11-2-1-3-12(8-11)22(24)25)17-14(26-19(13)21)6-4-10-5-7-15(23)27-18(10)17/h1-8,16H,21H2/t16-/m0/s1. The monoisotopic (exact) mass is 361 g/mol. The minimum Gasteiger partial charge on any atom is -0.440 e. The van der Waals surface area contributed by atoms with E-state index in [1.54, 1.807) is 24.3 Å². The Labute approximate surface area is 151 Å². The van der Waals surface area contributed by atoms with Crippen molar-refractivity contribution in [3.63, 3.8) is 0 Å². The maximum Gasteiger partial charge on any atom is 0.336 e. The van der Waals surface area contributed by atoms with Crippen molar-refractivity contribution in [2.45, 2.75) is 5.92 Å². The van der Waals surface area contributed by atoms with Gasteiger partial charge in [0, 0.05) is 23.6 Å². The molecule has 132 valence electrons. The van der Waals surface area contributed by atoms with Crippen LogP contribution in [0.5, 0.6) is 5.75 Å². The fourth-order valence-corrected chi connectivity index (χ4v) is 3.23. The number of hydrogen-bond acceptors (Lipinski definition) is 7. The SMILES string of the molecule is N#CC1=C(N)Oc2ccc3ccc(=O)oc3c2[C@H]1c1cccc([N+](=O)[O-])c1. The number of allylic oxidation sites excluding steroid dienone is 1. The van der Waals surface area contributed by atoms with Crippen LogP contribution >= 0.6 is 0 Å². The average molecular weight is 361 g/mol. The third-order valence-electron chi connectivity index (χ3n) is 4.39. The number of hydrogen-bond donors (Lipinski definition) is 1. The molecule has 0 saturated carbocycles. The fourth-order valence-electron chi connectivity index (χ4n) is 3.23. The lowest BCUT2D eigenvalue weighted by atomic mass is 9.82. The number of nitro benzene ring substituents is 1. The number of non-ortho nitro benzene ring substituents is 1. The maximum atomic E-state index is 11.8. The number of rotatable bonds is 2. The summed E-state index contributed by atoms with van der Waals surface area (Å²) in [5, 5.41) is 21.4. The molecule has 2 heterocycles. The van der Waals surface area contributed by atoms with Gasteiger partial charge >= 0.3 is 5.63 Å². The Morgan fingerprint density at radius 3 is 2.70 bits per heavy atom. The van der Waals surface area contributed by atoms with Crippen molar-refractivity contribution in [2.75, 3.05) is 0 Å². The van der Waals surface area contributed by atoms with Gasteiger partial charge < -0.3 is 14.9 Å². The molecule has 0 unspecified atom stereocenters. The van der Waals surface area contributed by atoms with Gasteiger partial charge in [-0.05, 0) is 23.8 Å². The van der Waals surface area contributed by atoms with Crippen molar-refractivity contribution in [2.24, 2.45) is 5.73 Å². The lowest BCUT2D eigenvalue weighted by molar-refractivity contribution is -0.384. The smallest absolute Gasteiger partial charge is 0.336 e. The van der Waals surface area contributed by atoms with Crippen LogP contribution in [0.25, 0.3) is 11.0 Å². The van der Waals surface area contributed by atoms with Crippen molar-refractivity contribution in [1.29, 1.82) is 5.26 Å². The Hall–Kier alpha value is -4.12. The Bertz CT molecular complexity index is 1240. The van der Waals surface area contributed by atoms with Crippen molar-refractivity contribution >= 4 is 16.7 Å². The number of nitro groups is 1. The molecule has 0 aliphatic carbocycles. The zero-order valence-electron chi connectivity index (χ0n) is 13.7. The van der Waals surface area contributed by atoms with Crippen LogP contribution in [0.15, 0.2) is 69.2 Å². The van der Waals surface area contributed by atoms with E-state index >= 15 is 0 Å². The van der Waals surface area contributed by atoms with Crippen LogP contribution in [-0.2, 0) is 0 Å². The lowest BCUT2D eigenvalue weighted by Crippen LogP contribution is -2.21. The largest absolute Gasteiger partial charge is 0.440 e. The van der Waals surface area contributed by atoms with Crippen molar-refractivity contribution in [3.8, 4) is 11.8 Å². The van der Waals surface area contributed by atoms with Crippen LogP contribution in [0.3, 0.4) is 0 Å². The van der Waals surface area contributed by atoms with Gasteiger partial charge in [-0.2, -0.15) is 5.26 Å². The first-order valence-electron chi connectivity index (χ1n) is 7.88. The van der Waals surface area contributed by atoms with E-state index < -0.39 is 16.5 Å². The summed E-state index contributed by atoms with van der Waals surface area (Å²) in [6.07, 6.45) is 0. The molecule has 0 bridgehead atoms. The molecule has 0 fully saturated rings. The first-order valence-corrected chi connectivity index (χ1v) is 7.88. The summed E-state index contributed by atoms with van der Waals surface area (Å²) < 4.78 is 10.9. The summed E-state index contributed by atoms with van der Waals surface area (Å²) in [6.45, 7) is 0. The minimum absolute atomic E-state index is 0.0852. The van der Waals surface area contributed by atoms with E-state index in [-0.39, 0.29) is 22.7 Å². The van der Waals surface area contributed by atoms with E-state index in [2.05, 4.69) is 0 Å². The van der Waals surface area contributed by atoms with Crippen LogP contribution in [0.1, 0.15) is 17.0 Å². The molecule has 0 radical (unpaired) electrons. The summed E-state index contributed by atoms with van der Waals surface area (Å²) in [4.78, 5) is 22.4. The third-order valence-corrected chi connectivity index (χ3v) is 4.39. The van der Waals surface area contributed by atoms with E-state index in [9.17, 15) is 20.2 Å². The molecule has 1 aliphatic rings. The van der Waals surface area contributed by atoms with Gasteiger partial charge in [0.05, 0.1) is 16.4 Å². The number of nitriles is 1. The topological polar surface area (TPSA) is 132 Å². The Balaban J connectivity index is 2.07. The Morgan fingerprint density at radius 1 is 1.19 bits per heavy atom. The quantitative estimate of drug-likeness (QED) is 0.421. The van der Waals surface area contributed by atoms with Gasteiger partial charge in [-0.3, -0.25) is 10.1 Å². The molecule has 0 spiro atoms. The fraction of sp³-hybridized carbons (Fsp3) is 0.0526. The highest BCUT2D eigenvalue weighted by molar-refractivity contribution is 5.85. The molecule has 4 rings (SSSR count). The number of nitrogens with zero attached hydrogens (tertiary/aromatic N) is 2. The summed E-state index contributed by atoms with van der Waals surface area (Å²) in [6, 6.07) is 14.1. The number of fused-ring (bicyclic) bond motifs is 3. The number of ether oxygens (including phenoxy) is 1. The number of nitrogens with two attached hydrogens (primary N) is 1. The molecular formula is C19H11N3O5. The van der Waals surface area contributed by atoms with Gasteiger partial charge in [-0.25, -0.2) is 4.79 Å². The summed E-state index contributed by atoms with van der Waals surface area (Å²) in [5.74, 6) is -0.545. The summed E-state index contributed by atoms with van der Waals surface area (Å²) >= 11 is 0. The molecule has 3 aromatic rings. The van der Waals surface area contributed by atoms with Crippen LogP contribution in [-0.4, -0.2) is 4.92 Å². The van der Waals surface area contributed by atoms with E-state index in [4.69, 9.17) is 14.9 Å². The van der Waals surface area contributed by atoms with Gasteiger partial charge in [0.2, 0.25) is 5.88 Å². The molecule has 2 N–H and O–H groups in total. The first-order chi connectivity index (χ1) is 13.0. The predicted octanol–water partition coefficient (Wildman–Crippen LogP) is 2.92. The van der Waals surface area contributed by atoms with E-state index in [1.807, 2.05) is 6.07 Å². The molecule has 8 nitrogen and oxygen atoms in total. The van der Waals surface area contributed by atoms with Crippen LogP contribution in [0.4, 0.5) is 5.69 Å². The Morgan fingerprint density at radius 2 is 1.96 bits per heavy atom. The van der Waals surface area contributed by atoms with Gasteiger partial charge in [-0.15, -0.1) is 0 Å².